The van der Waals surface area contributed by atoms with Crippen molar-refractivity contribution in [3.8, 4) is 34.1 Å². The van der Waals surface area contributed by atoms with Gasteiger partial charge in [0, 0.05) is 40.7 Å². The molecule has 0 saturated carbocycles. The average molecular weight is 552 g/mol. The zero-order valence-corrected chi connectivity index (χ0v) is 23.5. The van der Waals surface area contributed by atoms with E-state index in [1.165, 1.54) is 6.08 Å². The second kappa shape index (κ2) is 12.5. The van der Waals surface area contributed by atoms with E-state index < -0.39 is 18.2 Å². The molecule has 0 fully saturated rings. The predicted molar refractivity (Wildman–Crippen MR) is 159 cm³/mol. The molecule has 0 radical (unpaired) electrons. The van der Waals surface area contributed by atoms with E-state index in [4.69, 9.17) is 20.2 Å². The quantitative estimate of drug-likeness (QED) is 0.188. The molecular formula is C32H33N5O4. The molecule has 0 bridgehead atoms. The molecule has 1 amide bonds. The highest BCUT2D eigenvalue weighted by atomic mass is 16.6. The van der Waals surface area contributed by atoms with Gasteiger partial charge in [-0.05, 0) is 60.4 Å². The van der Waals surface area contributed by atoms with E-state index in [2.05, 4.69) is 18.0 Å². The highest BCUT2D eigenvalue weighted by Gasteiger charge is 2.25. The minimum absolute atomic E-state index is 0.0231. The lowest BCUT2D eigenvalue weighted by molar-refractivity contribution is -0.155. The molecule has 3 atom stereocenters. The van der Waals surface area contributed by atoms with Gasteiger partial charge in [-0.15, -0.1) is 0 Å². The van der Waals surface area contributed by atoms with Crippen LogP contribution in [0.2, 0.25) is 0 Å². The van der Waals surface area contributed by atoms with Crippen LogP contribution in [0.3, 0.4) is 0 Å². The second-order valence-electron chi connectivity index (χ2n) is 9.83. The number of fused-ring (bicyclic) bond motifs is 1. The Morgan fingerprint density at radius 3 is 2.63 bits per heavy atom. The fourth-order valence-electron chi connectivity index (χ4n) is 4.49. The molecule has 2 heterocycles. The number of carbonyl (C=O) groups is 2. The molecule has 2 unspecified atom stereocenters. The second-order valence-corrected chi connectivity index (χ2v) is 9.83. The van der Waals surface area contributed by atoms with Crippen molar-refractivity contribution < 1.29 is 19.1 Å². The van der Waals surface area contributed by atoms with Crippen LogP contribution in [-0.4, -0.2) is 34.6 Å². The number of nitriles is 1. The van der Waals surface area contributed by atoms with Crippen LogP contribution in [0.15, 0.2) is 73.6 Å². The summed E-state index contributed by atoms with van der Waals surface area (Å²) in [6.07, 6.45) is 4.84. The lowest BCUT2D eigenvalue weighted by atomic mass is 10.0. The summed E-state index contributed by atoms with van der Waals surface area (Å²) >= 11 is 0. The van der Waals surface area contributed by atoms with Crippen molar-refractivity contribution >= 4 is 28.6 Å². The van der Waals surface area contributed by atoms with Gasteiger partial charge in [0.25, 0.3) is 0 Å². The number of methoxy groups -OCH3 is 1. The first-order valence-electron chi connectivity index (χ1n) is 13.3. The Morgan fingerprint density at radius 2 is 1.95 bits per heavy atom. The normalized spacial score (nSPS) is 13.1. The molecule has 0 spiro atoms. The first kappa shape index (κ1) is 29.1. The number of nitrogens with one attached hydrogen (secondary N) is 1. The van der Waals surface area contributed by atoms with E-state index in [1.54, 1.807) is 43.0 Å². The van der Waals surface area contributed by atoms with Crippen LogP contribution in [0.1, 0.15) is 39.0 Å². The molecule has 9 heteroatoms. The summed E-state index contributed by atoms with van der Waals surface area (Å²) in [6, 6.07) is 16.1. The molecule has 0 saturated heterocycles. The van der Waals surface area contributed by atoms with Crippen LogP contribution in [0.4, 0.5) is 5.69 Å². The van der Waals surface area contributed by atoms with Crippen LogP contribution in [0, 0.1) is 17.2 Å². The summed E-state index contributed by atoms with van der Waals surface area (Å²) in [4.78, 5) is 29.5. The van der Waals surface area contributed by atoms with Crippen molar-refractivity contribution in [2.24, 2.45) is 11.7 Å². The fraction of sp³-hybridized carbons (Fsp3) is 0.250. The summed E-state index contributed by atoms with van der Waals surface area (Å²) in [6.45, 7) is 9.16. The molecule has 4 rings (SSSR count). The van der Waals surface area contributed by atoms with Gasteiger partial charge in [0.15, 0.2) is 6.23 Å². The zero-order valence-electron chi connectivity index (χ0n) is 23.5. The molecule has 0 aliphatic rings. The van der Waals surface area contributed by atoms with Gasteiger partial charge in [-0.25, -0.2) is 4.98 Å². The minimum Gasteiger partial charge on any atom is -0.497 e. The number of hydrogen-bond acceptors (Lipinski definition) is 7. The summed E-state index contributed by atoms with van der Waals surface area (Å²) in [5.74, 6) is -0.292. The Kier molecular flexibility index (Phi) is 8.85. The molecule has 2 aromatic heterocycles. The molecule has 9 nitrogen and oxygen atoms in total. The number of hydrogen-bond donors (Lipinski definition) is 2. The first-order valence-corrected chi connectivity index (χ1v) is 13.3. The largest absolute Gasteiger partial charge is 0.497 e. The fourth-order valence-corrected chi connectivity index (χ4v) is 4.49. The third-order valence-electron chi connectivity index (χ3n) is 7.11. The van der Waals surface area contributed by atoms with Crippen LogP contribution in [0.25, 0.3) is 33.3 Å². The highest BCUT2D eigenvalue weighted by Crippen LogP contribution is 2.36. The monoisotopic (exact) mass is 551 g/mol. The van der Waals surface area contributed by atoms with Gasteiger partial charge in [-0.2, -0.15) is 5.26 Å². The van der Waals surface area contributed by atoms with Gasteiger partial charge >= 0.3 is 5.97 Å². The van der Waals surface area contributed by atoms with Gasteiger partial charge in [-0.1, -0.05) is 39.0 Å². The Bertz CT molecular complexity index is 1650. The maximum absolute atomic E-state index is 12.8. The van der Waals surface area contributed by atoms with Crippen molar-refractivity contribution in [1.29, 1.82) is 5.26 Å². The number of nitrogens with zero attached hydrogens (tertiary/aromatic N) is 3. The molecule has 41 heavy (non-hydrogen) atoms. The SMILES string of the molecule is C=CC(=O)Nc1cc(OC)cc(-c2cnc3c(c2)c(-c2cccc(C#N)c2)cn3[C@H](C)OC(=O)C(N)C(C)CC)c1. The zero-order chi connectivity index (χ0) is 29.7. The number of amides is 1. The number of rotatable bonds is 10. The maximum Gasteiger partial charge on any atom is 0.325 e. The summed E-state index contributed by atoms with van der Waals surface area (Å²) in [5, 5.41) is 13.1. The Morgan fingerprint density at radius 1 is 1.17 bits per heavy atom. The number of pyridine rings is 1. The third kappa shape index (κ3) is 6.29. The van der Waals surface area contributed by atoms with Crippen LogP contribution >= 0.6 is 0 Å². The van der Waals surface area contributed by atoms with Crippen molar-refractivity contribution in [3.05, 3.63) is 79.1 Å². The standard InChI is InChI=1S/C32H33N5O4/c1-6-19(3)30(34)32(39)41-20(4)37-18-28(22-10-8-9-21(11-22)16-33)27-14-24(17-35-31(27)37)23-12-25(36-29(38)7-2)15-26(13-23)40-5/h7-15,17-20,30H,2,6,34H2,1,3-5H3,(H,36,38)/t19?,20-,30?/m0/s1. The predicted octanol–water partition coefficient (Wildman–Crippen LogP) is 5.81. The molecular weight excluding hydrogens is 518 g/mol. The molecule has 4 aromatic rings. The summed E-state index contributed by atoms with van der Waals surface area (Å²) in [7, 11) is 1.55. The lowest BCUT2D eigenvalue weighted by Crippen LogP contribution is -2.38. The first-order chi connectivity index (χ1) is 19.7. The Labute approximate surface area is 239 Å². The molecule has 0 aliphatic carbocycles. The average Bonchev–Trinajstić information content (AvgIpc) is 3.39. The Balaban J connectivity index is 1.84. The third-order valence-corrected chi connectivity index (χ3v) is 7.11. The van der Waals surface area contributed by atoms with Crippen LogP contribution < -0.4 is 15.8 Å². The number of aromatic nitrogens is 2. The van der Waals surface area contributed by atoms with Crippen molar-refractivity contribution in [2.75, 3.05) is 12.4 Å². The van der Waals surface area contributed by atoms with Crippen LogP contribution in [0.5, 0.6) is 5.75 Å². The van der Waals surface area contributed by atoms with Gasteiger partial charge in [0.1, 0.15) is 17.4 Å². The minimum atomic E-state index is -0.737. The number of anilines is 1. The smallest absolute Gasteiger partial charge is 0.325 e. The number of esters is 1. The van der Waals surface area contributed by atoms with E-state index in [-0.39, 0.29) is 11.8 Å². The molecule has 2 aromatic carbocycles. The van der Waals surface area contributed by atoms with Gasteiger partial charge < -0.3 is 20.5 Å². The van der Waals surface area contributed by atoms with E-state index in [0.29, 0.717) is 22.6 Å². The van der Waals surface area contributed by atoms with E-state index >= 15 is 0 Å². The van der Waals surface area contributed by atoms with Crippen molar-refractivity contribution in [1.82, 2.24) is 9.55 Å². The summed E-state index contributed by atoms with van der Waals surface area (Å²) in [5.41, 5.74) is 10.9. The maximum atomic E-state index is 12.8. The highest BCUT2D eigenvalue weighted by molar-refractivity contribution is 6.00. The van der Waals surface area contributed by atoms with Crippen LogP contribution in [-0.2, 0) is 14.3 Å². The molecule has 0 aliphatic heterocycles. The van der Waals surface area contributed by atoms with Crippen molar-refractivity contribution in [3.63, 3.8) is 0 Å². The topological polar surface area (TPSA) is 132 Å². The number of carbonyl (C=O) groups excluding carboxylic acids is 2. The van der Waals surface area contributed by atoms with Gasteiger partial charge in [0.05, 0.1) is 18.7 Å². The molecule has 210 valence electrons. The summed E-state index contributed by atoms with van der Waals surface area (Å²) < 4.78 is 13.0. The number of benzene rings is 2. The van der Waals surface area contributed by atoms with Gasteiger partial charge in [-0.3, -0.25) is 14.2 Å². The number of ether oxygens (including phenoxy) is 2. The van der Waals surface area contributed by atoms with Gasteiger partial charge in [0.2, 0.25) is 5.91 Å². The van der Waals surface area contributed by atoms with E-state index in [1.807, 2.05) is 50.4 Å². The number of nitrogens with two attached hydrogens (primary N) is 1. The van der Waals surface area contributed by atoms with E-state index in [0.717, 1.165) is 34.1 Å². The van der Waals surface area contributed by atoms with Crippen molar-refractivity contribution in [2.45, 2.75) is 39.5 Å². The Hall–Kier alpha value is -4.94. The van der Waals surface area contributed by atoms with E-state index in [9.17, 15) is 14.9 Å². The lowest BCUT2D eigenvalue weighted by Gasteiger charge is -2.21. The molecule has 3 N–H and O–H groups in total.